The molecule has 1 aliphatic heterocycles. The van der Waals surface area contributed by atoms with Crippen LogP contribution in [0.15, 0.2) is 35.1 Å². The first-order valence-electron chi connectivity index (χ1n) is 10.3. The second kappa shape index (κ2) is 9.01. The Kier molecular flexibility index (Phi) is 6.18. The summed E-state index contributed by atoms with van der Waals surface area (Å²) in [4.78, 5) is 26.4. The molecule has 3 heterocycles. The fourth-order valence-electron chi connectivity index (χ4n) is 3.90. The Morgan fingerprint density at radius 2 is 2.13 bits per heavy atom. The molecule has 1 fully saturated rings. The monoisotopic (exact) mass is 440 g/mol. The minimum atomic E-state index is -0.155. The van der Waals surface area contributed by atoms with Crippen molar-refractivity contribution in [1.29, 1.82) is 0 Å². The predicted octanol–water partition coefficient (Wildman–Crippen LogP) is 3.85. The lowest BCUT2D eigenvalue weighted by Crippen LogP contribution is -2.40. The third kappa shape index (κ3) is 4.54. The van der Waals surface area contributed by atoms with E-state index < -0.39 is 0 Å². The van der Waals surface area contributed by atoms with E-state index in [1.165, 1.54) is 0 Å². The lowest BCUT2D eigenvalue weighted by Gasteiger charge is -2.36. The van der Waals surface area contributed by atoms with Crippen molar-refractivity contribution in [1.82, 2.24) is 25.2 Å². The van der Waals surface area contributed by atoms with Crippen LogP contribution in [0.5, 0.6) is 0 Å². The molecule has 0 saturated carbocycles. The second-order valence-electron chi connectivity index (χ2n) is 7.95. The van der Waals surface area contributed by atoms with E-state index in [4.69, 9.17) is 21.2 Å². The van der Waals surface area contributed by atoms with Gasteiger partial charge in [-0.15, -0.1) is 0 Å². The summed E-state index contributed by atoms with van der Waals surface area (Å²) in [5.74, 6) is 0.598. The SMILES string of the molecule is Cc1nonc1CC(=O)N1CCCC[C@H]1c1nc(N(C)C)ncc1-c1cccc(Cl)c1. The Morgan fingerprint density at radius 1 is 1.29 bits per heavy atom. The van der Waals surface area contributed by atoms with Crippen LogP contribution in [0.2, 0.25) is 5.02 Å². The first-order valence-corrected chi connectivity index (χ1v) is 10.7. The maximum Gasteiger partial charge on any atom is 0.229 e. The summed E-state index contributed by atoms with van der Waals surface area (Å²) in [7, 11) is 3.81. The highest BCUT2D eigenvalue weighted by Crippen LogP contribution is 2.37. The highest BCUT2D eigenvalue weighted by atomic mass is 35.5. The van der Waals surface area contributed by atoms with Gasteiger partial charge < -0.3 is 9.80 Å². The summed E-state index contributed by atoms with van der Waals surface area (Å²) in [5, 5.41) is 8.31. The van der Waals surface area contributed by atoms with E-state index >= 15 is 0 Å². The number of anilines is 1. The van der Waals surface area contributed by atoms with Crippen molar-refractivity contribution < 1.29 is 9.42 Å². The Balaban J connectivity index is 1.74. The molecule has 4 rings (SSSR count). The van der Waals surface area contributed by atoms with Gasteiger partial charge in [0.1, 0.15) is 11.4 Å². The lowest BCUT2D eigenvalue weighted by molar-refractivity contribution is -0.134. The summed E-state index contributed by atoms with van der Waals surface area (Å²) < 4.78 is 4.77. The van der Waals surface area contributed by atoms with E-state index in [9.17, 15) is 4.79 Å². The van der Waals surface area contributed by atoms with Gasteiger partial charge in [0.2, 0.25) is 11.9 Å². The van der Waals surface area contributed by atoms with Gasteiger partial charge in [0, 0.05) is 37.4 Å². The molecule has 0 aliphatic carbocycles. The fourth-order valence-corrected chi connectivity index (χ4v) is 4.09. The zero-order valence-electron chi connectivity index (χ0n) is 17.9. The number of hydrogen-bond acceptors (Lipinski definition) is 7. The van der Waals surface area contributed by atoms with E-state index in [-0.39, 0.29) is 18.4 Å². The molecule has 1 atom stereocenters. The maximum absolute atomic E-state index is 13.3. The summed E-state index contributed by atoms with van der Waals surface area (Å²) in [6.45, 7) is 2.46. The molecule has 0 spiro atoms. The van der Waals surface area contributed by atoms with Crippen molar-refractivity contribution in [2.75, 3.05) is 25.5 Å². The van der Waals surface area contributed by atoms with Crippen molar-refractivity contribution in [3.8, 4) is 11.1 Å². The smallest absolute Gasteiger partial charge is 0.229 e. The molecule has 8 nitrogen and oxygen atoms in total. The molecule has 162 valence electrons. The number of amides is 1. The summed E-state index contributed by atoms with van der Waals surface area (Å²) in [5.41, 5.74) is 3.86. The van der Waals surface area contributed by atoms with Gasteiger partial charge in [-0.2, -0.15) is 0 Å². The number of hydrogen-bond donors (Lipinski definition) is 0. The van der Waals surface area contributed by atoms with Crippen LogP contribution in [0, 0.1) is 6.92 Å². The Hall–Kier alpha value is -3.00. The van der Waals surface area contributed by atoms with Gasteiger partial charge in [-0.25, -0.2) is 14.6 Å². The largest absolute Gasteiger partial charge is 0.347 e. The summed E-state index contributed by atoms with van der Waals surface area (Å²) in [6, 6.07) is 7.48. The van der Waals surface area contributed by atoms with Gasteiger partial charge in [0.25, 0.3) is 0 Å². The van der Waals surface area contributed by atoms with Gasteiger partial charge >= 0.3 is 0 Å². The van der Waals surface area contributed by atoms with Crippen LogP contribution in [0.1, 0.15) is 42.4 Å². The first kappa shape index (κ1) is 21.2. The normalized spacial score (nSPS) is 16.4. The first-order chi connectivity index (χ1) is 14.9. The number of aromatic nitrogens is 4. The van der Waals surface area contributed by atoms with Crippen molar-refractivity contribution >= 4 is 23.5 Å². The Bertz CT molecular complexity index is 1080. The van der Waals surface area contributed by atoms with E-state index in [2.05, 4.69) is 15.3 Å². The molecule has 1 amide bonds. The number of carbonyl (C=O) groups is 1. The van der Waals surface area contributed by atoms with E-state index in [0.717, 1.165) is 36.1 Å². The summed E-state index contributed by atoms with van der Waals surface area (Å²) >= 11 is 6.25. The van der Waals surface area contributed by atoms with Gasteiger partial charge in [-0.05, 0) is 43.9 Å². The molecule has 3 aromatic rings. The highest BCUT2D eigenvalue weighted by Gasteiger charge is 2.32. The number of likely N-dealkylation sites (tertiary alicyclic amines) is 1. The Morgan fingerprint density at radius 3 is 2.84 bits per heavy atom. The molecule has 0 radical (unpaired) electrons. The molecule has 0 bridgehead atoms. The maximum atomic E-state index is 13.3. The van der Waals surface area contributed by atoms with Gasteiger partial charge in [0.05, 0.1) is 18.2 Å². The van der Waals surface area contributed by atoms with Crippen molar-refractivity contribution in [2.45, 2.75) is 38.6 Å². The molecule has 1 aromatic carbocycles. The molecule has 1 aliphatic rings. The number of halogens is 1. The quantitative estimate of drug-likeness (QED) is 0.595. The molecular weight excluding hydrogens is 416 g/mol. The number of nitrogens with zero attached hydrogens (tertiary/aromatic N) is 6. The van der Waals surface area contributed by atoms with Crippen LogP contribution in [0.25, 0.3) is 11.1 Å². The number of carbonyl (C=O) groups excluding carboxylic acids is 1. The standard InChI is InChI=1S/C22H25ClN6O2/c1-14-18(27-31-26-14)12-20(30)29-10-5-4-9-19(29)21-17(13-24-22(25-21)28(2)3)15-7-6-8-16(23)11-15/h6-8,11,13,19H,4-5,9-10,12H2,1-3H3/t19-/m0/s1. The molecule has 0 N–H and O–H groups in total. The molecule has 1 saturated heterocycles. The highest BCUT2D eigenvalue weighted by molar-refractivity contribution is 6.30. The lowest BCUT2D eigenvalue weighted by atomic mass is 9.93. The van der Waals surface area contributed by atoms with Gasteiger partial charge in [-0.3, -0.25) is 4.79 Å². The van der Waals surface area contributed by atoms with Crippen molar-refractivity contribution in [2.24, 2.45) is 0 Å². The van der Waals surface area contributed by atoms with Crippen LogP contribution in [-0.2, 0) is 11.2 Å². The van der Waals surface area contributed by atoms with Crippen LogP contribution < -0.4 is 4.90 Å². The zero-order valence-corrected chi connectivity index (χ0v) is 18.6. The number of benzene rings is 1. The number of rotatable bonds is 5. The van der Waals surface area contributed by atoms with E-state index in [1.54, 1.807) is 6.92 Å². The molecule has 9 heteroatoms. The topological polar surface area (TPSA) is 88.2 Å². The predicted molar refractivity (Wildman–Crippen MR) is 118 cm³/mol. The van der Waals surface area contributed by atoms with E-state index in [0.29, 0.717) is 28.9 Å². The van der Waals surface area contributed by atoms with Crippen molar-refractivity contribution in [3.63, 3.8) is 0 Å². The molecule has 31 heavy (non-hydrogen) atoms. The fraction of sp³-hybridized carbons (Fsp3) is 0.409. The average molecular weight is 441 g/mol. The second-order valence-corrected chi connectivity index (χ2v) is 8.38. The number of piperidine rings is 1. The number of aryl methyl sites for hydroxylation is 1. The molecular formula is C22H25ClN6O2. The third-order valence-electron chi connectivity index (χ3n) is 5.55. The van der Waals surface area contributed by atoms with Crippen LogP contribution in [-0.4, -0.2) is 51.7 Å². The van der Waals surface area contributed by atoms with Crippen molar-refractivity contribution in [3.05, 3.63) is 52.6 Å². The Labute approximate surface area is 186 Å². The zero-order chi connectivity index (χ0) is 22.0. The average Bonchev–Trinajstić information content (AvgIpc) is 3.17. The van der Waals surface area contributed by atoms with Crippen LogP contribution in [0.3, 0.4) is 0 Å². The van der Waals surface area contributed by atoms with Gasteiger partial charge in [0.15, 0.2) is 0 Å². The molecule has 2 aromatic heterocycles. The van der Waals surface area contributed by atoms with E-state index in [1.807, 2.05) is 54.4 Å². The minimum Gasteiger partial charge on any atom is -0.347 e. The summed E-state index contributed by atoms with van der Waals surface area (Å²) in [6.07, 6.45) is 4.79. The third-order valence-corrected chi connectivity index (χ3v) is 5.78. The minimum absolute atomic E-state index is 0.00874. The van der Waals surface area contributed by atoms with Gasteiger partial charge in [-0.1, -0.05) is 34.0 Å². The molecule has 0 unspecified atom stereocenters. The van der Waals surface area contributed by atoms with Crippen LogP contribution >= 0.6 is 11.6 Å². The van der Waals surface area contributed by atoms with Crippen LogP contribution in [0.4, 0.5) is 5.95 Å².